The van der Waals surface area contributed by atoms with Gasteiger partial charge in [-0.2, -0.15) is 4.39 Å². The zero-order valence-electron chi connectivity index (χ0n) is 15.7. The van der Waals surface area contributed by atoms with E-state index in [1.54, 1.807) is 32.0 Å². The van der Waals surface area contributed by atoms with E-state index >= 15 is 0 Å². The molecule has 0 bridgehead atoms. The van der Waals surface area contributed by atoms with Crippen molar-refractivity contribution < 1.29 is 27.8 Å². The molecule has 0 spiro atoms. The molecule has 0 aliphatic heterocycles. The Morgan fingerprint density at radius 2 is 1.62 bits per heavy atom. The second kappa shape index (κ2) is 9.43. The maximum atomic E-state index is 13.9. The van der Waals surface area contributed by atoms with E-state index in [0.717, 1.165) is 0 Å². The first kappa shape index (κ1) is 21.8. The molecule has 1 unspecified atom stereocenters. The number of likely N-dealkylation sites (N-methyl/N-ethyl adjacent to an activating group) is 1. The van der Waals surface area contributed by atoms with Gasteiger partial charge in [-0.05, 0) is 26.9 Å². The average Bonchev–Trinajstić information content (AvgIpc) is 2.63. The maximum absolute atomic E-state index is 13.9. The summed E-state index contributed by atoms with van der Waals surface area (Å²) in [6.07, 6.45) is 0. The molecule has 144 valence electrons. The van der Waals surface area contributed by atoms with Crippen LogP contribution in [0.4, 0.5) is 8.78 Å². The van der Waals surface area contributed by atoms with Gasteiger partial charge in [0.25, 0.3) is 0 Å². The lowest BCUT2D eigenvalue weighted by Crippen LogP contribution is -2.53. The Morgan fingerprint density at radius 1 is 1.08 bits per heavy atom. The highest BCUT2D eigenvalue weighted by Crippen LogP contribution is 2.24. The van der Waals surface area contributed by atoms with Crippen LogP contribution in [0.15, 0.2) is 36.2 Å². The molecule has 1 aromatic carbocycles. The topological polar surface area (TPSA) is 55.8 Å². The molecule has 0 saturated carbocycles. The van der Waals surface area contributed by atoms with Crippen molar-refractivity contribution in [3.63, 3.8) is 0 Å². The van der Waals surface area contributed by atoms with Crippen molar-refractivity contribution in [2.45, 2.75) is 26.3 Å². The number of carbonyl (C=O) groups excluding carboxylic acids is 2. The van der Waals surface area contributed by atoms with Crippen molar-refractivity contribution in [2.24, 2.45) is 5.92 Å². The third-order valence-corrected chi connectivity index (χ3v) is 4.42. The summed E-state index contributed by atoms with van der Waals surface area (Å²) in [5, 5.41) is 0. The Morgan fingerprint density at radius 3 is 2.12 bits per heavy atom. The molecular formula is C19H25F2NO4. The van der Waals surface area contributed by atoms with E-state index < -0.39 is 29.1 Å². The summed E-state index contributed by atoms with van der Waals surface area (Å²) in [5.74, 6) is -4.87. The lowest BCUT2D eigenvalue weighted by molar-refractivity contribution is -0.162. The zero-order valence-corrected chi connectivity index (χ0v) is 15.7. The van der Waals surface area contributed by atoms with Crippen LogP contribution in [0.1, 0.15) is 26.3 Å². The van der Waals surface area contributed by atoms with E-state index in [1.807, 2.05) is 13.8 Å². The Balaban J connectivity index is 2.58. The molecule has 0 saturated heterocycles. The fourth-order valence-electron chi connectivity index (χ4n) is 2.21. The van der Waals surface area contributed by atoms with Crippen LogP contribution in [0.3, 0.4) is 0 Å². The van der Waals surface area contributed by atoms with Gasteiger partial charge in [-0.1, -0.05) is 44.2 Å². The average molecular weight is 369 g/mol. The van der Waals surface area contributed by atoms with Crippen molar-refractivity contribution in [1.82, 2.24) is 4.90 Å². The van der Waals surface area contributed by atoms with Crippen molar-refractivity contribution >= 4 is 17.8 Å². The molecule has 26 heavy (non-hydrogen) atoms. The smallest absolute Gasteiger partial charge is 0.370 e. The minimum atomic E-state index is -1.62. The standard InChI is InChI=1S/C19H25F2NO4/c1-13(2)19(3,22(4)5)18(24)26-12-11-25-17(23)16(21)15(20)14-9-7-6-8-10-14/h6-10,13H,11-12H2,1-5H3/b16-15+. The van der Waals surface area contributed by atoms with Gasteiger partial charge in [0, 0.05) is 5.56 Å². The summed E-state index contributed by atoms with van der Waals surface area (Å²) in [5.41, 5.74) is -0.916. The van der Waals surface area contributed by atoms with Crippen LogP contribution in [0.25, 0.3) is 5.83 Å². The molecule has 1 aromatic rings. The van der Waals surface area contributed by atoms with Crippen LogP contribution in [0, 0.1) is 5.92 Å². The molecule has 0 fully saturated rings. The number of nitrogens with zero attached hydrogens (tertiary/aromatic N) is 1. The van der Waals surface area contributed by atoms with Crippen molar-refractivity contribution in [3.8, 4) is 0 Å². The van der Waals surface area contributed by atoms with Crippen LogP contribution in [0.5, 0.6) is 0 Å². The number of hydrogen-bond donors (Lipinski definition) is 0. The lowest BCUT2D eigenvalue weighted by atomic mass is 9.87. The molecule has 0 aromatic heterocycles. The fraction of sp³-hybridized carbons (Fsp3) is 0.474. The summed E-state index contributed by atoms with van der Waals surface area (Å²) >= 11 is 0. The quantitative estimate of drug-likeness (QED) is 0.400. The Bertz CT molecular complexity index is 649. The van der Waals surface area contributed by atoms with Gasteiger partial charge >= 0.3 is 11.9 Å². The van der Waals surface area contributed by atoms with Crippen LogP contribution in [-0.4, -0.2) is 49.7 Å². The molecule has 0 aliphatic carbocycles. The van der Waals surface area contributed by atoms with Gasteiger partial charge in [-0.3, -0.25) is 9.69 Å². The summed E-state index contributed by atoms with van der Waals surface area (Å²) in [7, 11) is 3.52. The second-order valence-electron chi connectivity index (χ2n) is 6.46. The molecule has 0 amide bonds. The molecule has 0 radical (unpaired) electrons. The fourth-order valence-corrected chi connectivity index (χ4v) is 2.21. The number of hydrogen-bond acceptors (Lipinski definition) is 5. The second-order valence-corrected chi connectivity index (χ2v) is 6.46. The summed E-state index contributed by atoms with van der Waals surface area (Å²) < 4.78 is 37.4. The molecule has 5 nitrogen and oxygen atoms in total. The minimum absolute atomic E-state index is 0.0205. The third kappa shape index (κ3) is 5.11. The monoisotopic (exact) mass is 369 g/mol. The molecular weight excluding hydrogens is 344 g/mol. The first-order valence-corrected chi connectivity index (χ1v) is 8.24. The SMILES string of the molecule is CC(C)C(C)(C(=O)OCCOC(=O)/C(F)=C(\F)c1ccccc1)N(C)C. The molecule has 0 heterocycles. The first-order valence-electron chi connectivity index (χ1n) is 8.24. The summed E-state index contributed by atoms with van der Waals surface area (Å²) in [4.78, 5) is 25.6. The van der Waals surface area contributed by atoms with Crippen molar-refractivity contribution in [2.75, 3.05) is 27.3 Å². The van der Waals surface area contributed by atoms with Gasteiger partial charge < -0.3 is 9.47 Å². The number of esters is 2. The van der Waals surface area contributed by atoms with E-state index in [4.69, 9.17) is 4.74 Å². The van der Waals surface area contributed by atoms with Crippen LogP contribution in [0.2, 0.25) is 0 Å². The largest absolute Gasteiger partial charge is 0.461 e. The Kier molecular flexibility index (Phi) is 7.89. The third-order valence-electron chi connectivity index (χ3n) is 4.42. The number of halogens is 2. The van der Waals surface area contributed by atoms with Gasteiger partial charge in [-0.15, -0.1) is 0 Å². The van der Waals surface area contributed by atoms with E-state index in [2.05, 4.69) is 4.74 Å². The number of carbonyl (C=O) groups is 2. The number of ether oxygens (including phenoxy) is 2. The van der Waals surface area contributed by atoms with E-state index in [9.17, 15) is 18.4 Å². The zero-order chi connectivity index (χ0) is 19.9. The van der Waals surface area contributed by atoms with Crippen LogP contribution >= 0.6 is 0 Å². The van der Waals surface area contributed by atoms with Gasteiger partial charge in [0.15, 0.2) is 5.83 Å². The van der Waals surface area contributed by atoms with Gasteiger partial charge in [0.1, 0.15) is 18.8 Å². The predicted molar refractivity (Wildman–Crippen MR) is 94.4 cm³/mol. The highest BCUT2D eigenvalue weighted by atomic mass is 19.2. The molecule has 1 rings (SSSR count). The predicted octanol–water partition coefficient (Wildman–Crippen LogP) is 3.36. The van der Waals surface area contributed by atoms with Gasteiger partial charge in [0.05, 0.1) is 0 Å². The Hall–Kier alpha value is -2.28. The van der Waals surface area contributed by atoms with Crippen molar-refractivity contribution in [1.29, 1.82) is 0 Å². The van der Waals surface area contributed by atoms with E-state index in [-0.39, 0.29) is 24.7 Å². The summed E-state index contributed by atoms with van der Waals surface area (Å²) in [6.45, 7) is 4.88. The highest BCUT2D eigenvalue weighted by Gasteiger charge is 2.40. The molecule has 0 aliphatic rings. The van der Waals surface area contributed by atoms with Crippen LogP contribution < -0.4 is 0 Å². The maximum Gasteiger partial charge on any atom is 0.370 e. The van der Waals surface area contributed by atoms with E-state index in [1.165, 1.54) is 24.3 Å². The van der Waals surface area contributed by atoms with Crippen molar-refractivity contribution in [3.05, 3.63) is 41.7 Å². The first-order chi connectivity index (χ1) is 12.1. The summed E-state index contributed by atoms with van der Waals surface area (Å²) in [6, 6.07) is 7.34. The Labute approximate surface area is 152 Å². The number of benzene rings is 1. The van der Waals surface area contributed by atoms with Gasteiger partial charge in [-0.25, -0.2) is 9.18 Å². The highest BCUT2D eigenvalue weighted by molar-refractivity contribution is 5.93. The lowest BCUT2D eigenvalue weighted by Gasteiger charge is -2.37. The molecule has 1 atom stereocenters. The molecule has 7 heteroatoms. The van der Waals surface area contributed by atoms with Gasteiger partial charge in [0.2, 0.25) is 5.83 Å². The normalized spacial score (nSPS) is 14.7. The minimum Gasteiger partial charge on any atom is -0.461 e. The van der Waals surface area contributed by atoms with E-state index in [0.29, 0.717) is 0 Å². The van der Waals surface area contributed by atoms with Crippen LogP contribution in [-0.2, 0) is 19.1 Å². The number of rotatable bonds is 8. The molecule has 0 N–H and O–H groups in total.